The minimum absolute atomic E-state index is 0.766. The molecule has 5 nitrogen and oxygen atoms in total. The Morgan fingerprint density at radius 1 is 1.33 bits per heavy atom. The van der Waals surface area contributed by atoms with E-state index >= 15 is 0 Å². The molecule has 0 aromatic carbocycles. The third-order valence-electron chi connectivity index (χ3n) is 4.61. The normalized spacial score (nSPS) is 17.2. The molecule has 6 heteroatoms. The third kappa shape index (κ3) is 6.40. The zero-order chi connectivity index (χ0) is 17.2. The number of hydrogen-bond donors (Lipinski definition) is 2. The van der Waals surface area contributed by atoms with Crippen LogP contribution in [0.3, 0.4) is 0 Å². The van der Waals surface area contributed by atoms with Crippen LogP contribution in [0, 0.1) is 5.92 Å². The molecule has 2 heterocycles. The van der Waals surface area contributed by atoms with Crippen LogP contribution >= 0.6 is 11.3 Å². The lowest BCUT2D eigenvalue weighted by atomic mass is 9.97. The Labute approximate surface area is 151 Å². The Hall–Kier alpha value is -1.14. The summed E-state index contributed by atoms with van der Waals surface area (Å²) in [6, 6.07) is 0. The van der Waals surface area contributed by atoms with E-state index in [1.807, 2.05) is 24.6 Å². The van der Waals surface area contributed by atoms with Crippen molar-refractivity contribution in [2.45, 2.75) is 46.0 Å². The average molecular weight is 352 g/mol. The van der Waals surface area contributed by atoms with E-state index < -0.39 is 0 Å². The maximum absolute atomic E-state index is 4.46. The quantitative estimate of drug-likeness (QED) is 0.558. The van der Waals surface area contributed by atoms with Crippen molar-refractivity contribution in [1.82, 2.24) is 20.5 Å². The molecule has 1 fully saturated rings. The van der Waals surface area contributed by atoms with Gasteiger partial charge in [0.25, 0.3) is 0 Å². The van der Waals surface area contributed by atoms with Crippen LogP contribution in [0.25, 0.3) is 0 Å². The largest absolute Gasteiger partial charge is 0.356 e. The second-order valence-corrected chi connectivity index (χ2v) is 7.69. The predicted molar refractivity (Wildman–Crippen MR) is 104 cm³/mol. The zero-order valence-electron chi connectivity index (χ0n) is 15.5. The van der Waals surface area contributed by atoms with Crippen molar-refractivity contribution in [2.75, 3.05) is 39.8 Å². The first-order chi connectivity index (χ1) is 11.7. The number of hydrogen-bond acceptors (Lipinski definition) is 4. The van der Waals surface area contributed by atoms with Crippen LogP contribution in [0.4, 0.5) is 0 Å². The first kappa shape index (κ1) is 19.2. The van der Waals surface area contributed by atoms with Gasteiger partial charge in [-0.25, -0.2) is 4.98 Å². The smallest absolute Gasteiger partial charge is 0.190 e. The molecule has 1 aromatic rings. The van der Waals surface area contributed by atoms with Gasteiger partial charge in [0.1, 0.15) is 0 Å². The van der Waals surface area contributed by atoms with Gasteiger partial charge in [0, 0.05) is 37.6 Å². The fourth-order valence-electron chi connectivity index (χ4n) is 3.11. The van der Waals surface area contributed by atoms with E-state index in [1.54, 1.807) is 0 Å². The molecule has 0 saturated carbocycles. The van der Waals surface area contributed by atoms with E-state index in [2.05, 4.69) is 39.4 Å². The molecule has 0 aliphatic carbocycles. The number of likely N-dealkylation sites (tertiary alicyclic amines) is 1. The van der Waals surface area contributed by atoms with Gasteiger partial charge < -0.3 is 15.5 Å². The molecule has 2 N–H and O–H groups in total. The molecule has 24 heavy (non-hydrogen) atoms. The second-order valence-electron chi connectivity index (χ2n) is 6.49. The first-order valence-corrected chi connectivity index (χ1v) is 10.2. The van der Waals surface area contributed by atoms with Gasteiger partial charge in [-0.2, -0.15) is 0 Å². The predicted octanol–water partition coefficient (Wildman–Crippen LogP) is 2.54. The van der Waals surface area contributed by atoms with E-state index in [0.717, 1.165) is 37.8 Å². The molecule has 1 saturated heterocycles. The van der Waals surface area contributed by atoms with E-state index in [4.69, 9.17) is 0 Å². The summed E-state index contributed by atoms with van der Waals surface area (Å²) in [5.41, 5.74) is 0. The number of nitrogens with one attached hydrogen (secondary N) is 2. The Bertz CT molecular complexity index is 491. The number of aliphatic imine (C=N–C) groups is 1. The van der Waals surface area contributed by atoms with E-state index in [-0.39, 0.29) is 0 Å². The topological polar surface area (TPSA) is 52.5 Å². The van der Waals surface area contributed by atoms with Crippen LogP contribution in [-0.4, -0.2) is 55.6 Å². The number of aryl methyl sites for hydroxylation is 1. The van der Waals surface area contributed by atoms with Crippen molar-refractivity contribution >= 4 is 17.3 Å². The minimum Gasteiger partial charge on any atom is -0.356 e. The number of nitrogens with zero attached hydrogens (tertiary/aromatic N) is 3. The van der Waals surface area contributed by atoms with Gasteiger partial charge >= 0.3 is 0 Å². The lowest BCUT2D eigenvalue weighted by Gasteiger charge is -2.32. The van der Waals surface area contributed by atoms with E-state index in [9.17, 15) is 0 Å². The molecule has 0 atom stereocenters. The highest BCUT2D eigenvalue weighted by molar-refractivity contribution is 7.11. The summed E-state index contributed by atoms with van der Waals surface area (Å²) >= 11 is 1.82. The van der Waals surface area contributed by atoms with Crippen LogP contribution in [-0.2, 0) is 12.8 Å². The third-order valence-corrected chi connectivity index (χ3v) is 5.81. The molecule has 2 rings (SSSR count). The Kier molecular flexibility index (Phi) is 8.53. The van der Waals surface area contributed by atoms with Crippen LogP contribution in [0.5, 0.6) is 0 Å². The summed E-state index contributed by atoms with van der Waals surface area (Å²) < 4.78 is 0. The van der Waals surface area contributed by atoms with Gasteiger partial charge in [-0.1, -0.05) is 13.8 Å². The maximum Gasteiger partial charge on any atom is 0.190 e. The molecular formula is C18H33N5S. The van der Waals surface area contributed by atoms with Gasteiger partial charge in [-0.15, -0.1) is 11.3 Å². The SMILES string of the molecule is CCCN1CCC(CNC(=NC)NCCc2ncc(CC)s2)CC1. The van der Waals surface area contributed by atoms with Crippen molar-refractivity contribution in [1.29, 1.82) is 0 Å². The summed E-state index contributed by atoms with van der Waals surface area (Å²) in [7, 11) is 1.85. The number of guanidine groups is 1. The van der Waals surface area contributed by atoms with Gasteiger partial charge in [0.05, 0.1) is 5.01 Å². The summed E-state index contributed by atoms with van der Waals surface area (Å²) in [5.74, 6) is 1.68. The van der Waals surface area contributed by atoms with Gasteiger partial charge in [0.15, 0.2) is 5.96 Å². The number of piperidine rings is 1. The molecule has 0 unspecified atom stereocenters. The fourth-order valence-corrected chi connectivity index (χ4v) is 3.97. The van der Waals surface area contributed by atoms with Crippen LogP contribution < -0.4 is 10.6 Å². The summed E-state index contributed by atoms with van der Waals surface area (Å²) in [5, 5.41) is 8.11. The zero-order valence-corrected chi connectivity index (χ0v) is 16.3. The lowest BCUT2D eigenvalue weighted by molar-refractivity contribution is 0.185. The Morgan fingerprint density at radius 2 is 2.12 bits per heavy atom. The highest BCUT2D eigenvalue weighted by Crippen LogP contribution is 2.16. The molecule has 1 aliphatic rings. The number of thiazole rings is 1. The van der Waals surface area contributed by atoms with E-state index in [0.29, 0.717) is 0 Å². The van der Waals surface area contributed by atoms with Gasteiger partial charge in [-0.3, -0.25) is 4.99 Å². The van der Waals surface area contributed by atoms with E-state index in [1.165, 1.54) is 48.8 Å². The monoisotopic (exact) mass is 351 g/mol. The summed E-state index contributed by atoms with van der Waals surface area (Å²) in [6.07, 6.45) is 7.88. The van der Waals surface area contributed by atoms with Crippen molar-refractivity contribution < 1.29 is 0 Å². The maximum atomic E-state index is 4.46. The Morgan fingerprint density at radius 3 is 2.75 bits per heavy atom. The van der Waals surface area contributed by atoms with Crippen LogP contribution in [0.2, 0.25) is 0 Å². The molecule has 136 valence electrons. The van der Waals surface area contributed by atoms with Crippen molar-refractivity contribution in [2.24, 2.45) is 10.9 Å². The molecule has 0 spiro atoms. The van der Waals surface area contributed by atoms with Crippen molar-refractivity contribution in [3.05, 3.63) is 16.1 Å². The van der Waals surface area contributed by atoms with Gasteiger partial charge in [0.2, 0.25) is 0 Å². The minimum atomic E-state index is 0.766. The Balaban J connectivity index is 1.62. The second kappa shape index (κ2) is 10.7. The fraction of sp³-hybridized carbons (Fsp3) is 0.778. The van der Waals surface area contributed by atoms with Crippen LogP contribution in [0.1, 0.15) is 43.0 Å². The van der Waals surface area contributed by atoms with Crippen LogP contribution in [0.15, 0.2) is 11.2 Å². The summed E-state index contributed by atoms with van der Waals surface area (Å²) in [6.45, 7) is 10.1. The molecular weight excluding hydrogens is 318 g/mol. The highest BCUT2D eigenvalue weighted by Gasteiger charge is 2.18. The van der Waals surface area contributed by atoms with Crippen molar-refractivity contribution in [3.8, 4) is 0 Å². The van der Waals surface area contributed by atoms with Crippen molar-refractivity contribution in [3.63, 3.8) is 0 Å². The highest BCUT2D eigenvalue weighted by atomic mass is 32.1. The average Bonchev–Trinajstić information content (AvgIpc) is 3.07. The summed E-state index contributed by atoms with van der Waals surface area (Å²) in [4.78, 5) is 12.7. The molecule has 0 radical (unpaired) electrons. The molecule has 0 bridgehead atoms. The number of aromatic nitrogens is 1. The number of rotatable bonds is 8. The molecule has 1 aromatic heterocycles. The molecule has 1 aliphatic heterocycles. The first-order valence-electron chi connectivity index (χ1n) is 9.35. The standard InChI is InChI=1S/C18H33N5S/c1-4-10-23-11-7-15(8-12-23)13-22-18(19-3)20-9-6-17-21-14-16(5-2)24-17/h14-15H,4-13H2,1-3H3,(H2,19,20,22). The van der Waals surface area contributed by atoms with Gasteiger partial charge in [-0.05, 0) is 51.2 Å². The molecule has 0 amide bonds. The lowest BCUT2D eigenvalue weighted by Crippen LogP contribution is -2.43.